The van der Waals surface area contributed by atoms with Crippen molar-refractivity contribution in [3.8, 4) is 0 Å². The van der Waals surface area contributed by atoms with E-state index in [4.69, 9.17) is 16.3 Å². The highest BCUT2D eigenvalue weighted by atomic mass is 79.9. The average Bonchev–Trinajstić information content (AvgIpc) is 3.13. The van der Waals surface area contributed by atoms with Crippen LogP contribution in [0.25, 0.3) is 10.9 Å². The summed E-state index contributed by atoms with van der Waals surface area (Å²) in [7, 11) is 0. The van der Waals surface area contributed by atoms with Gasteiger partial charge in [-0.3, -0.25) is 19.8 Å². The zero-order chi connectivity index (χ0) is 24.8. The second-order valence-electron chi connectivity index (χ2n) is 7.96. The third kappa shape index (κ3) is 6.59. The van der Waals surface area contributed by atoms with Crippen LogP contribution < -0.4 is 16.1 Å². The molecule has 34 heavy (non-hydrogen) atoms. The van der Waals surface area contributed by atoms with Crippen LogP contribution in [0.5, 0.6) is 0 Å². The molecule has 180 valence electrons. The van der Waals surface area contributed by atoms with Crippen molar-refractivity contribution in [2.45, 2.75) is 33.3 Å². The normalized spacial score (nSPS) is 11.0. The van der Waals surface area contributed by atoms with Crippen molar-refractivity contribution >= 4 is 61.8 Å². The molecule has 0 aliphatic carbocycles. The minimum Gasteiger partial charge on any atom is -0.379 e. The number of ether oxygens (including phenoxy) is 1. The summed E-state index contributed by atoms with van der Waals surface area (Å²) in [5.74, 6) is -2.17. The van der Waals surface area contributed by atoms with Crippen molar-refractivity contribution in [3.05, 3.63) is 63.2 Å². The van der Waals surface area contributed by atoms with Gasteiger partial charge in [0.15, 0.2) is 0 Å². The Morgan fingerprint density at radius 3 is 2.56 bits per heavy atom. The fourth-order valence-electron chi connectivity index (χ4n) is 3.17. The number of amides is 3. The van der Waals surface area contributed by atoms with Gasteiger partial charge in [-0.2, -0.15) is 0 Å². The molecule has 0 atom stereocenters. The van der Waals surface area contributed by atoms with Gasteiger partial charge < -0.3 is 15.4 Å². The number of anilines is 1. The predicted molar refractivity (Wildman–Crippen MR) is 137 cm³/mol. The molecule has 0 fully saturated rings. The number of carbonyl (C=O) groups excluding carboxylic acids is 3. The van der Waals surface area contributed by atoms with Crippen LogP contribution in [0.1, 0.15) is 36.3 Å². The Hall–Kier alpha value is -2.88. The van der Waals surface area contributed by atoms with Crippen LogP contribution in [0.3, 0.4) is 0 Å². The Morgan fingerprint density at radius 1 is 1.09 bits per heavy atom. The van der Waals surface area contributed by atoms with Crippen LogP contribution in [-0.2, 0) is 14.3 Å². The molecule has 1 aromatic heterocycles. The fourth-order valence-corrected chi connectivity index (χ4v) is 3.72. The van der Waals surface area contributed by atoms with Gasteiger partial charge in [-0.05, 0) is 69.2 Å². The van der Waals surface area contributed by atoms with Crippen molar-refractivity contribution in [1.29, 1.82) is 0 Å². The Kier molecular flexibility index (Phi) is 8.71. The second-order valence-corrected chi connectivity index (χ2v) is 9.28. The maximum absolute atomic E-state index is 13.1. The van der Waals surface area contributed by atoms with Crippen LogP contribution >= 0.6 is 27.5 Å². The first-order chi connectivity index (χ1) is 16.2. The van der Waals surface area contributed by atoms with Gasteiger partial charge in [-0.15, -0.1) is 0 Å². The molecule has 3 rings (SSSR count). The quantitative estimate of drug-likeness (QED) is 0.282. The molecular formula is C24H26BrClN4O4. The fraction of sp³-hybridized carbons (Fsp3) is 0.292. The largest absolute Gasteiger partial charge is 0.379 e. The topological polar surface area (TPSA) is 101 Å². The highest BCUT2D eigenvalue weighted by Gasteiger charge is 2.21. The Balaban J connectivity index is 1.78. The highest BCUT2D eigenvalue weighted by Crippen LogP contribution is 2.25. The first-order valence-electron chi connectivity index (χ1n) is 10.7. The number of nitrogens with one attached hydrogen (secondary N) is 3. The van der Waals surface area contributed by atoms with E-state index in [0.717, 1.165) is 10.0 Å². The van der Waals surface area contributed by atoms with E-state index >= 15 is 0 Å². The van der Waals surface area contributed by atoms with Gasteiger partial charge in [-0.25, -0.2) is 4.68 Å². The summed E-state index contributed by atoms with van der Waals surface area (Å²) in [5.41, 5.74) is 4.63. The summed E-state index contributed by atoms with van der Waals surface area (Å²) in [6.07, 6.45) is 0.673. The number of hydrogen-bond acceptors (Lipinski definition) is 4. The predicted octanol–water partition coefficient (Wildman–Crippen LogP) is 4.62. The van der Waals surface area contributed by atoms with E-state index in [2.05, 4.69) is 32.0 Å². The standard InChI is InChI=1S/C24H26BrClN4O4/c1-14(2)34-10-4-9-27-23(32)24(33)29-30-20-8-6-17(25)11-16(20)12-21(30)22(31)28-18-7-5-15(3)19(26)13-18/h5-8,11-14H,4,9-10H2,1-3H3,(H,27,32)(H,28,31)(H,29,33). The second kappa shape index (κ2) is 11.5. The molecule has 0 spiro atoms. The number of aryl methyl sites for hydroxylation is 1. The molecule has 0 aliphatic rings. The van der Waals surface area contributed by atoms with Crippen LogP contribution in [0, 0.1) is 6.92 Å². The minimum absolute atomic E-state index is 0.0987. The van der Waals surface area contributed by atoms with E-state index in [9.17, 15) is 14.4 Å². The number of halogens is 2. The summed E-state index contributed by atoms with van der Waals surface area (Å²) < 4.78 is 7.53. The van der Waals surface area contributed by atoms with Crippen molar-refractivity contribution in [2.24, 2.45) is 0 Å². The van der Waals surface area contributed by atoms with Gasteiger partial charge in [0.05, 0.1) is 11.6 Å². The van der Waals surface area contributed by atoms with E-state index in [1.165, 1.54) is 4.68 Å². The lowest BCUT2D eigenvalue weighted by molar-refractivity contribution is -0.136. The number of aromatic nitrogens is 1. The number of nitrogens with zero attached hydrogens (tertiary/aromatic N) is 1. The van der Waals surface area contributed by atoms with Crippen molar-refractivity contribution < 1.29 is 19.1 Å². The van der Waals surface area contributed by atoms with Gasteiger partial charge in [-0.1, -0.05) is 33.6 Å². The summed E-state index contributed by atoms with van der Waals surface area (Å²) in [5, 5.41) is 6.56. The van der Waals surface area contributed by atoms with Crippen LogP contribution in [0.2, 0.25) is 5.02 Å². The number of benzene rings is 2. The van der Waals surface area contributed by atoms with Gasteiger partial charge in [0.1, 0.15) is 5.69 Å². The Morgan fingerprint density at radius 2 is 1.85 bits per heavy atom. The molecule has 0 aliphatic heterocycles. The lowest BCUT2D eigenvalue weighted by atomic mass is 10.2. The van der Waals surface area contributed by atoms with E-state index in [1.807, 2.05) is 26.8 Å². The number of fused-ring (bicyclic) bond motifs is 1. The third-order valence-corrected chi connectivity index (χ3v) is 5.80. The Labute approximate surface area is 211 Å². The van der Waals surface area contributed by atoms with E-state index in [1.54, 1.807) is 36.4 Å². The molecule has 0 radical (unpaired) electrons. The summed E-state index contributed by atoms with van der Waals surface area (Å²) >= 11 is 9.58. The summed E-state index contributed by atoms with van der Waals surface area (Å²) in [6.45, 7) is 6.48. The zero-order valence-electron chi connectivity index (χ0n) is 19.1. The molecule has 0 saturated heterocycles. The molecule has 8 nitrogen and oxygen atoms in total. The molecule has 0 saturated carbocycles. The lowest BCUT2D eigenvalue weighted by Crippen LogP contribution is -2.40. The van der Waals surface area contributed by atoms with Crippen molar-refractivity contribution in [2.75, 3.05) is 23.9 Å². The van der Waals surface area contributed by atoms with E-state index < -0.39 is 17.7 Å². The number of carbonyl (C=O) groups is 3. The first kappa shape index (κ1) is 25.7. The molecule has 3 aromatic rings. The summed E-state index contributed by atoms with van der Waals surface area (Å²) in [4.78, 5) is 38.0. The average molecular weight is 550 g/mol. The maximum Gasteiger partial charge on any atom is 0.328 e. The molecule has 10 heteroatoms. The van der Waals surface area contributed by atoms with E-state index in [-0.39, 0.29) is 11.8 Å². The molecule has 3 N–H and O–H groups in total. The molecular weight excluding hydrogens is 524 g/mol. The Bertz CT molecular complexity index is 1230. The SMILES string of the molecule is Cc1ccc(NC(=O)c2cc3cc(Br)ccc3n2NC(=O)C(=O)NCCCOC(C)C)cc1Cl. The van der Waals surface area contributed by atoms with Crippen molar-refractivity contribution in [1.82, 2.24) is 9.99 Å². The molecule has 1 heterocycles. The minimum atomic E-state index is -0.891. The zero-order valence-corrected chi connectivity index (χ0v) is 21.4. The monoisotopic (exact) mass is 548 g/mol. The van der Waals surface area contributed by atoms with Gasteiger partial charge in [0, 0.05) is 33.7 Å². The van der Waals surface area contributed by atoms with E-state index in [0.29, 0.717) is 41.2 Å². The highest BCUT2D eigenvalue weighted by molar-refractivity contribution is 9.10. The number of hydrogen-bond donors (Lipinski definition) is 3. The molecule has 2 aromatic carbocycles. The molecule has 3 amide bonds. The summed E-state index contributed by atoms with van der Waals surface area (Å²) in [6, 6.07) is 12.1. The molecule has 0 bridgehead atoms. The van der Waals surface area contributed by atoms with Gasteiger partial charge in [0.25, 0.3) is 5.91 Å². The first-order valence-corrected chi connectivity index (χ1v) is 11.9. The smallest absolute Gasteiger partial charge is 0.328 e. The third-order valence-electron chi connectivity index (χ3n) is 4.90. The van der Waals surface area contributed by atoms with Gasteiger partial charge in [0.2, 0.25) is 0 Å². The lowest BCUT2D eigenvalue weighted by Gasteiger charge is -2.13. The van der Waals surface area contributed by atoms with Crippen LogP contribution in [-0.4, -0.2) is 41.7 Å². The van der Waals surface area contributed by atoms with Crippen LogP contribution in [0.4, 0.5) is 5.69 Å². The number of rotatable bonds is 8. The van der Waals surface area contributed by atoms with Crippen molar-refractivity contribution in [3.63, 3.8) is 0 Å². The van der Waals surface area contributed by atoms with Gasteiger partial charge >= 0.3 is 11.8 Å². The molecule has 0 unspecified atom stereocenters. The van der Waals surface area contributed by atoms with Crippen LogP contribution in [0.15, 0.2) is 46.9 Å². The maximum atomic E-state index is 13.1.